The van der Waals surface area contributed by atoms with Crippen molar-refractivity contribution in [2.45, 2.75) is 6.42 Å². The van der Waals surface area contributed by atoms with Crippen LogP contribution >= 0.6 is 0 Å². The molecule has 1 aliphatic rings. The van der Waals surface area contributed by atoms with Crippen molar-refractivity contribution in [3.8, 4) is 0 Å². The molecule has 0 spiro atoms. The van der Waals surface area contributed by atoms with Gasteiger partial charge >= 0.3 is 0 Å². The molecule has 0 aliphatic carbocycles. The number of amides is 3. The summed E-state index contributed by atoms with van der Waals surface area (Å²) in [6, 6.07) is 6.53. The van der Waals surface area contributed by atoms with Gasteiger partial charge in [-0.1, -0.05) is 12.1 Å². The van der Waals surface area contributed by atoms with Crippen molar-refractivity contribution in [1.82, 2.24) is 15.2 Å². The fourth-order valence-corrected chi connectivity index (χ4v) is 2.27. The Balaban J connectivity index is 1.56. The van der Waals surface area contributed by atoms with Crippen molar-refractivity contribution < 1.29 is 18.8 Å². The molecule has 2 aromatic rings. The van der Waals surface area contributed by atoms with E-state index in [-0.39, 0.29) is 6.54 Å². The molecule has 7 nitrogen and oxygen atoms in total. The average molecular weight is 299 g/mol. The number of hydrogen-bond acceptors (Lipinski definition) is 5. The molecule has 22 heavy (non-hydrogen) atoms. The standard InChI is InChI=1S/C15H13N3O4/c19-13(16-6-5-10-8-22-9-17-10)7-18-14(20)11-3-1-2-4-12(11)15(18)21/h1-4,8-9H,5-7H2,(H,16,19). The zero-order valence-corrected chi connectivity index (χ0v) is 11.6. The van der Waals surface area contributed by atoms with Crippen LogP contribution in [0, 0.1) is 0 Å². The maximum absolute atomic E-state index is 12.1. The molecule has 0 fully saturated rings. The Morgan fingerprint density at radius 2 is 1.86 bits per heavy atom. The number of nitrogens with zero attached hydrogens (tertiary/aromatic N) is 2. The number of fused-ring (bicyclic) bond motifs is 1. The number of rotatable bonds is 5. The number of benzene rings is 1. The highest BCUT2D eigenvalue weighted by molar-refractivity contribution is 6.22. The first-order valence-electron chi connectivity index (χ1n) is 6.76. The smallest absolute Gasteiger partial charge is 0.262 e. The largest absolute Gasteiger partial charge is 0.451 e. The molecule has 0 saturated heterocycles. The van der Waals surface area contributed by atoms with Gasteiger partial charge in [-0.3, -0.25) is 19.3 Å². The lowest BCUT2D eigenvalue weighted by Gasteiger charge is -2.13. The van der Waals surface area contributed by atoms with E-state index in [1.165, 1.54) is 12.7 Å². The van der Waals surface area contributed by atoms with Crippen LogP contribution in [0.25, 0.3) is 0 Å². The van der Waals surface area contributed by atoms with Crippen LogP contribution in [0.3, 0.4) is 0 Å². The predicted molar refractivity (Wildman–Crippen MR) is 75.0 cm³/mol. The van der Waals surface area contributed by atoms with Crippen molar-refractivity contribution in [2.75, 3.05) is 13.1 Å². The van der Waals surface area contributed by atoms with E-state index >= 15 is 0 Å². The van der Waals surface area contributed by atoms with Gasteiger partial charge in [0.15, 0.2) is 6.39 Å². The number of carbonyl (C=O) groups excluding carboxylic acids is 3. The summed E-state index contributed by atoms with van der Waals surface area (Å²) in [4.78, 5) is 41.0. The minimum absolute atomic E-state index is 0.287. The Morgan fingerprint density at radius 1 is 1.18 bits per heavy atom. The fraction of sp³-hybridized carbons (Fsp3) is 0.200. The van der Waals surface area contributed by atoms with Crippen LogP contribution < -0.4 is 5.32 Å². The Labute approximate surface area is 125 Å². The van der Waals surface area contributed by atoms with Gasteiger partial charge < -0.3 is 9.73 Å². The van der Waals surface area contributed by atoms with E-state index in [0.29, 0.717) is 24.1 Å². The lowest BCUT2D eigenvalue weighted by molar-refractivity contribution is -0.121. The van der Waals surface area contributed by atoms with Crippen LogP contribution in [0.2, 0.25) is 0 Å². The van der Waals surface area contributed by atoms with Crippen molar-refractivity contribution in [3.63, 3.8) is 0 Å². The van der Waals surface area contributed by atoms with Gasteiger partial charge in [0.2, 0.25) is 5.91 Å². The lowest BCUT2D eigenvalue weighted by Crippen LogP contribution is -2.40. The van der Waals surface area contributed by atoms with Crippen LogP contribution in [0.4, 0.5) is 0 Å². The summed E-state index contributed by atoms with van der Waals surface area (Å²) < 4.78 is 4.82. The number of aromatic nitrogens is 1. The average Bonchev–Trinajstić information content (AvgIpc) is 3.11. The number of oxazole rings is 1. The van der Waals surface area contributed by atoms with Crippen molar-refractivity contribution in [2.24, 2.45) is 0 Å². The second-order valence-corrected chi connectivity index (χ2v) is 4.82. The fourth-order valence-electron chi connectivity index (χ4n) is 2.27. The number of imide groups is 1. The van der Waals surface area contributed by atoms with E-state index in [0.717, 1.165) is 10.6 Å². The van der Waals surface area contributed by atoms with Gasteiger partial charge in [-0.25, -0.2) is 4.98 Å². The lowest BCUT2D eigenvalue weighted by atomic mass is 10.1. The first-order valence-corrected chi connectivity index (χ1v) is 6.76. The molecule has 0 radical (unpaired) electrons. The number of carbonyl (C=O) groups is 3. The minimum Gasteiger partial charge on any atom is -0.451 e. The molecular weight excluding hydrogens is 286 g/mol. The third-order valence-corrected chi connectivity index (χ3v) is 3.37. The highest BCUT2D eigenvalue weighted by atomic mass is 16.3. The second kappa shape index (κ2) is 5.80. The van der Waals surface area contributed by atoms with Gasteiger partial charge in [-0.2, -0.15) is 0 Å². The van der Waals surface area contributed by atoms with Crippen LogP contribution in [-0.4, -0.2) is 40.7 Å². The molecule has 1 aromatic carbocycles. The van der Waals surface area contributed by atoms with E-state index in [4.69, 9.17) is 4.42 Å². The summed E-state index contributed by atoms with van der Waals surface area (Å²) in [5.41, 5.74) is 1.40. The topological polar surface area (TPSA) is 92.5 Å². The van der Waals surface area contributed by atoms with Gasteiger partial charge in [0.25, 0.3) is 11.8 Å². The predicted octanol–water partition coefficient (Wildman–Crippen LogP) is 0.630. The summed E-state index contributed by atoms with van der Waals surface area (Å²) in [6.07, 6.45) is 3.33. The van der Waals surface area contributed by atoms with E-state index < -0.39 is 17.7 Å². The molecule has 3 rings (SSSR count). The van der Waals surface area contributed by atoms with Gasteiger partial charge in [0, 0.05) is 13.0 Å². The minimum atomic E-state index is -0.438. The molecule has 0 atom stereocenters. The molecule has 2 heterocycles. The molecule has 1 aromatic heterocycles. The number of nitrogens with one attached hydrogen (secondary N) is 1. The summed E-state index contributed by atoms with van der Waals surface area (Å²) in [6.45, 7) is 0.0691. The highest BCUT2D eigenvalue weighted by Crippen LogP contribution is 2.21. The quantitative estimate of drug-likeness (QED) is 0.817. The normalized spacial score (nSPS) is 13.4. The summed E-state index contributed by atoms with van der Waals surface area (Å²) in [5.74, 6) is -1.27. The Morgan fingerprint density at radius 3 is 2.45 bits per heavy atom. The SMILES string of the molecule is O=C(CN1C(=O)c2ccccc2C1=O)NCCc1cocn1. The molecule has 0 bridgehead atoms. The third kappa shape index (κ3) is 2.60. The Hall–Kier alpha value is -2.96. The maximum atomic E-state index is 12.1. The molecule has 3 amide bonds. The van der Waals surface area contributed by atoms with Crippen LogP contribution in [0.5, 0.6) is 0 Å². The van der Waals surface area contributed by atoms with Crippen molar-refractivity contribution in [1.29, 1.82) is 0 Å². The molecule has 0 unspecified atom stereocenters. The van der Waals surface area contributed by atoms with Gasteiger partial charge in [-0.05, 0) is 12.1 Å². The molecular formula is C15H13N3O4. The maximum Gasteiger partial charge on any atom is 0.262 e. The second-order valence-electron chi connectivity index (χ2n) is 4.82. The summed E-state index contributed by atoms with van der Waals surface area (Å²) >= 11 is 0. The first-order chi connectivity index (χ1) is 10.7. The van der Waals surface area contributed by atoms with E-state index in [1.54, 1.807) is 24.3 Å². The number of hydrogen-bond donors (Lipinski definition) is 1. The van der Waals surface area contributed by atoms with Crippen LogP contribution in [-0.2, 0) is 11.2 Å². The van der Waals surface area contributed by atoms with Crippen molar-refractivity contribution in [3.05, 3.63) is 53.7 Å². The van der Waals surface area contributed by atoms with E-state index in [2.05, 4.69) is 10.3 Å². The zero-order valence-electron chi connectivity index (χ0n) is 11.6. The molecule has 0 saturated carbocycles. The van der Waals surface area contributed by atoms with Gasteiger partial charge in [0.1, 0.15) is 12.8 Å². The van der Waals surface area contributed by atoms with Gasteiger partial charge in [0.05, 0.1) is 16.8 Å². The zero-order chi connectivity index (χ0) is 15.5. The van der Waals surface area contributed by atoms with E-state index in [9.17, 15) is 14.4 Å². The van der Waals surface area contributed by atoms with E-state index in [1.807, 2.05) is 0 Å². The first kappa shape index (κ1) is 14.0. The van der Waals surface area contributed by atoms with Crippen LogP contribution in [0.1, 0.15) is 26.4 Å². The monoisotopic (exact) mass is 299 g/mol. The van der Waals surface area contributed by atoms with Gasteiger partial charge in [-0.15, -0.1) is 0 Å². The molecule has 7 heteroatoms. The van der Waals surface area contributed by atoms with Crippen LogP contribution in [0.15, 0.2) is 41.3 Å². The Kier molecular flexibility index (Phi) is 3.69. The molecule has 1 aliphatic heterocycles. The summed E-state index contributed by atoms with van der Waals surface area (Å²) in [5, 5.41) is 2.65. The molecule has 1 N–H and O–H groups in total. The Bertz CT molecular complexity index is 689. The summed E-state index contributed by atoms with van der Waals surface area (Å²) in [7, 11) is 0. The highest BCUT2D eigenvalue weighted by Gasteiger charge is 2.36. The van der Waals surface area contributed by atoms with Crippen molar-refractivity contribution >= 4 is 17.7 Å². The third-order valence-electron chi connectivity index (χ3n) is 3.37. The molecule has 112 valence electrons.